The molecule has 134 valence electrons. The van der Waals surface area contributed by atoms with Crippen LogP contribution in [0.25, 0.3) is 21.8 Å². The Morgan fingerprint density at radius 3 is 2.59 bits per heavy atom. The molecule has 0 spiro atoms. The molecule has 4 rings (SSSR count). The fraction of sp³-hybridized carbons (Fsp3) is 0.0909. The maximum absolute atomic E-state index is 11.3. The van der Waals surface area contributed by atoms with Crippen molar-refractivity contribution < 1.29 is 9.90 Å². The van der Waals surface area contributed by atoms with Crippen molar-refractivity contribution in [3.05, 3.63) is 77.9 Å². The van der Waals surface area contributed by atoms with Gasteiger partial charge < -0.3 is 9.67 Å². The van der Waals surface area contributed by atoms with E-state index in [0.717, 1.165) is 12.1 Å². The van der Waals surface area contributed by atoms with Crippen LogP contribution in [-0.2, 0) is 6.54 Å². The number of rotatable bonds is 5. The number of benzene rings is 3. The van der Waals surface area contributed by atoms with Gasteiger partial charge in [0.05, 0.1) is 17.5 Å². The molecule has 2 N–H and O–H groups in total. The summed E-state index contributed by atoms with van der Waals surface area (Å²) in [5.74, 6) is -0.984. The van der Waals surface area contributed by atoms with Gasteiger partial charge in [-0.05, 0) is 42.8 Å². The minimum atomic E-state index is -0.984. The Hall–Kier alpha value is -3.60. The Bertz CT molecular complexity index is 1170. The number of fused-ring (bicyclic) bond motifs is 3. The van der Waals surface area contributed by atoms with E-state index in [0.29, 0.717) is 5.69 Å². The first-order valence-electron chi connectivity index (χ1n) is 8.81. The quantitative estimate of drug-likeness (QED) is 0.392. The third-order valence-electron chi connectivity index (χ3n) is 4.67. The summed E-state index contributed by atoms with van der Waals surface area (Å²) >= 11 is 0. The molecule has 0 aliphatic rings. The first-order chi connectivity index (χ1) is 13.2. The van der Waals surface area contributed by atoms with E-state index in [1.165, 1.54) is 21.8 Å². The Morgan fingerprint density at radius 2 is 1.78 bits per heavy atom. The molecule has 5 nitrogen and oxygen atoms in total. The van der Waals surface area contributed by atoms with Crippen LogP contribution in [0.4, 0.5) is 5.69 Å². The van der Waals surface area contributed by atoms with Crippen LogP contribution in [0.3, 0.4) is 0 Å². The van der Waals surface area contributed by atoms with E-state index in [9.17, 15) is 9.90 Å². The van der Waals surface area contributed by atoms with Crippen LogP contribution >= 0.6 is 0 Å². The van der Waals surface area contributed by atoms with Crippen LogP contribution < -0.4 is 5.43 Å². The van der Waals surface area contributed by atoms with Crippen LogP contribution in [0.5, 0.6) is 0 Å². The van der Waals surface area contributed by atoms with E-state index in [4.69, 9.17) is 0 Å². The zero-order valence-corrected chi connectivity index (χ0v) is 14.9. The summed E-state index contributed by atoms with van der Waals surface area (Å²) < 4.78 is 2.30. The SMILES string of the molecule is CCn1c2ccccc2c2cc(/C=N\Nc3ccccc3C(=O)O)ccc21. The highest BCUT2D eigenvalue weighted by molar-refractivity contribution is 6.09. The zero-order chi connectivity index (χ0) is 18.8. The van der Waals surface area contributed by atoms with Gasteiger partial charge in [-0.25, -0.2) is 4.79 Å². The van der Waals surface area contributed by atoms with Gasteiger partial charge in [-0.3, -0.25) is 5.43 Å². The van der Waals surface area contributed by atoms with Gasteiger partial charge in [0.2, 0.25) is 0 Å². The lowest BCUT2D eigenvalue weighted by Gasteiger charge is -2.04. The molecule has 1 heterocycles. The van der Waals surface area contributed by atoms with Gasteiger partial charge in [-0.2, -0.15) is 5.10 Å². The first kappa shape index (κ1) is 16.8. The molecule has 0 atom stereocenters. The van der Waals surface area contributed by atoms with Gasteiger partial charge in [0.25, 0.3) is 0 Å². The van der Waals surface area contributed by atoms with Gasteiger partial charge in [-0.1, -0.05) is 36.4 Å². The monoisotopic (exact) mass is 357 g/mol. The summed E-state index contributed by atoms with van der Waals surface area (Å²) in [4.78, 5) is 11.3. The molecule has 0 saturated carbocycles. The van der Waals surface area contributed by atoms with Gasteiger partial charge >= 0.3 is 5.97 Å². The highest BCUT2D eigenvalue weighted by Crippen LogP contribution is 2.29. The number of carboxylic acid groups (broad SMARTS) is 1. The summed E-state index contributed by atoms with van der Waals surface area (Å²) in [7, 11) is 0. The molecule has 1 aromatic heterocycles. The number of hydrogen-bond donors (Lipinski definition) is 2. The molecule has 0 amide bonds. The van der Waals surface area contributed by atoms with Crippen molar-refractivity contribution in [1.29, 1.82) is 0 Å². The van der Waals surface area contributed by atoms with Crippen molar-refractivity contribution in [2.75, 3.05) is 5.43 Å². The van der Waals surface area contributed by atoms with Crippen molar-refractivity contribution in [3.63, 3.8) is 0 Å². The predicted octanol–water partition coefficient (Wildman–Crippen LogP) is 4.96. The standard InChI is InChI=1S/C22H19N3O2/c1-2-25-20-10-6-4-7-16(20)18-13-15(11-12-21(18)25)14-23-24-19-9-5-3-8-17(19)22(26)27/h3-14,24H,2H2,1H3,(H,26,27)/b23-14-. The molecule has 0 unspecified atom stereocenters. The minimum Gasteiger partial charge on any atom is -0.478 e. The number of para-hydroxylation sites is 2. The Morgan fingerprint density at radius 1 is 1.04 bits per heavy atom. The largest absolute Gasteiger partial charge is 0.478 e. The maximum Gasteiger partial charge on any atom is 0.337 e. The van der Waals surface area contributed by atoms with Crippen molar-refractivity contribution in [2.24, 2.45) is 5.10 Å². The van der Waals surface area contributed by atoms with Crippen molar-refractivity contribution in [2.45, 2.75) is 13.5 Å². The fourth-order valence-electron chi connectivity index (χ4n) is 3.44. The summed E-state index contributed by atoms with van der Waals surface area (Å²) in [6.45, 7) is 3.05. The number of aromatic nitrogens is 1. The molecule has 0 aliphatic carbocycles. The van der Waals surface area contributed by atoms with Gasteiger partial charge in [-0.15, -0.1) is 0 Å². The number of carbonyl (C=O) groups is 1. The van der Waals surface area contributed by atoms with E-state index < -0.39 is 5.97 Å². The highest BCUT2D eigenvalue weighted by Gasteiger charge is 2.10. The summed E-state index contributed by atoms with van der Waals surface area (Å²) in [5.41, 5.74) is 6.84. The normalized spacial score (nSPS) is 11.4. The number of aryl methyl sites for hydroxylation is 1. The molecule has 0 aliphatic heterocycles. The van der Waals surface area contributed by atoms with Gasteiger partial charge in [0.1, 0.15) is 0 Å². The van der Waals surface area contributed by atoms with Crippen LogP contribution in [0.1, 0.15) is 22.8 Å². The second-order valence-corrected chi connectivity index (χ2v) is 6.26. The maximum atomic E-state index is 11.3. The van der Waals surface area contributed by atoms with E-state index in [-0.39, 0.29) is 5.56 Å². The van der Waals surface area contributed by atoms with E-state index >= 15 is 0 Å². The van der Waals surface area contributed by atoms with Crippen molar-refractivity contribution in [1.82, 2.24) is 4.57 Å². The van der Waals surface area contributed by atoms with Crippen molar-refractivity contribution >= 4 is 39.7 Å². The molecule has 5 heteroatoms. The van der Waals surface area contributed by atoms with Gasteiger partial charge in [0.15, 0.2) is 0 Å². The predicted molar refractivity (Wildman–Crippen MR) is 110 cm³/mol. The third-order valence-corrected chi connectivity index (χ3v) is 4.67. The number of carboxylic acids is 1. The number of nitrogens with one attached hydrogen (secondary N) is 1. The van der Waals surface area contributed by atoms with E-state index in [1.807, 2.05) is 12.1 Å². The van der Waals surface area contributed by atoms with E-state index in [1.54, 1.807) is 30.5 Å². The third kappa shape index (κ3) is 3.04. The molecule has 0 bridgehead atoms. The second-order valence-electron chi connectivity index (χ2n) is 6.26. The first-order valence-corrected chi connectivity index (χ1v) is 8.81. The number of anilines is 1. The average molecular weight is 357 g/mol. The topological polar surface area (TPSA) is 66.6 Å². The van der Waals surface area contributed by atoms with Crippen LogP contribution in [0.15, 0.2) is 71.8 Å². The Kier molecular flexibility index (Phi) is 4.34. The van der Waals surface area contributed by atoms with E-state index in [2.05, 4.69) is 52.3 Å². The van der Waals surface area contributed by atoms with Crippen molar-refractivity contribution in [3.8, 4) is 0 Å². The lowest BCUT2D eigenvalue weighted by atomic mass is 10.1. The smallest absolute Gasteiger partial charge is 0.337 e. The number of aromatic carboxylic acids is 1. The number of hydrogen-bond acceptors (Lipinski definition) is 3. The number of hydrazone groups is 1. The molecule has 4 aromatic rings. The lowest BCUT2D eigenvalue weighted by molar-refractivity contribution is 0.0698. The summed E-state index contributed by atoms with van der Waals surface area (Å²) in [5, 5.41) is 15.9. The highest BCUT2D eigenvalue weighted by atomic mass is 16.4. The fourth-order valence-corrected chi connectivity index (χ4v) is 3.44. The second kappa shape index (κ2) is 6.96. The van der Waals surface area contributed by atoms with Crippen LogP contribution in [0, 0.1) is 0 Å². The Labute approximate surface area is 156 Å². The summed E-state index contributed by atoms with van der Waals surface area (Å²) in [6, 6.07) is 21.3. The Balaban J connectivity index is 1.68. The molecule has 0 saturated heterocycles. The van der Waals surface area contributed by atoms with Crippen LogP contribution in [0.2, 0.25) is 0 Å². The van der Waals surface area contributed by atoms with Gasteiger partial charge in [0, 0.05) is 28.4 Å². The molecular weight excluding hydrogens is 338 g/mol. The summed E-state index contributed by atoms with van der Waals surface area (Å²) in [6.07, 6.45) is 1.70. The molecule has 3 aromatic carbocycles. The van der Waals surface area contributed by atoms with Crippen LogP contribution in [-0.4, -0.2) is 21.9 Å². The molecule has 0 fully saturated rings. The lowest BCUT2D eigenvalue weighted by Crippen LogP contribution is -2.02. The number of nitrogens with zero attached hydrogens (tertiary/aromatic N) is 2. The molecular formula is C22H19N3O2. The average Bonchev–Trinajstić information content (AvgIpc) is 3.01. The zero-order valence-electron chi connectivity index (χ0n) is 14.9. The molecule has 27 heavy (non-hydrogen) atoms. The minimum absolute atomic E-state index is 0.191. The molecule has 0 radical (unpaired) electrons.